The second kappa shape index (κ2) is 9.76. The highest BCUT2D eigenvalue weighted by Gasteiger charge is 2.36. The molecule has 0 unspecified atom stereocenters. The summed E-state index contributed by atoms with van der Waals surface area (Å²) in [7, 11) is 0. The molecule has 2 aromatic carbocycles. The summed E-state index contributed by atoms with van der Waals surface area (Å²) in [5.41, 5.74) is 2.06. The summed E-state index contributed by atoms with van der Waals surface area (Å²) >= 11 is 0.781. The van der Waals surface area contributed by atoms with Gasteiger partial charge in [0.1, 0.15) is 18.9 Å². The van der Waals surface area contributed by atoms with Crippen molar-refractivity contribution < 1.29 is 23.9 Å². The number of esters is 1. The van der Waals surface area contributed by atoms with Crippen molar-refractivity contribution in [2.24, 2.45) is 0 Å². The van der Waals surface area contributed by atoms with E-state index in [1.54, 1.807) is 49.4 Å². The van der Waals surface area contributed by atoms with Crippen LogP contribution in [0, 0.1) is 11.3 Å². The molecule has 0 atom stereocenters. The molecule has 152 valence electrons. The van der Waals surface area contributed by atoms with Crippen LogP contribution in [0.4, 0.5) is 4.79 Å². The van der Waals surface area contributed by atoms with Gasteiger partial charge in [0.25, 0.3) is 11.1 Å². The molecule has 1 fully saturated rings. The van der Waals surface area contributed by atoms with Gasteiger partial charge >= 0.3 is 5.97 Å². The van der Waals surface area contributed by atoms with Crippen LogP contribution in [0.1, 0.15) is 23.6 Å². The summed E-state index contributed by atoms with van der Waals surface area (Å²) < 4.78 is 10.5. The van der Waals surface area contributed by atoms with E-state index >= 15 is 0 Å². The molecule has 0 N–H and O–H groups in total. The number of hydrogen-bond acceptors (Lipinski definition) is 7. The minimum absolute atomic E-state index is 0.182. The van der Waals surface area contributed by atoms with Gasteiger partial charge in [-0.2, -0.15) is 5.26 Å². The van der Waals surface area contributed by atoms with Crippen LogP contribution >= 0.6 is 11.8 Å². The lowest BCUT2D eigenvalue weighted by Crippen LogP contribution is -2.34. The maximum Gasteiger partial charge on any atom is 0.326 e. The number of ether oxygens (including phenoxy) is 2. The van der Waals surface area contributed by atoms with Crippen LogP contribution in [-0.4, -0.2) is 35.2 Å². The largest absolute Gasteiger partial charge is 0.489 e. The molecule has 0 radical (unpaired) electrons. The summed E-state index contributed by atoms with van der Waals surface area (Å²) in [4.78, 5) is 37.1. The van der Waals surface area contributed by atoms with Crippen molar-refractivity contribution in [2.45, 2.75) is 13.5 Å². The SMILES string of the molecule is CCOC(=O)CN1C(=O)S/C(=C/c2ccc(OCc3ccccc3C#N)cc2)C1=O. The van der Waals surface area contributed by atoms with E-state index in [9.17, 15) is 14.4 Å². The van der Waals surface area contributed by atoms with Crippen molar-refractivity contribution >= 4 is 35.0 Å². The van der Waals surface area contributed by atoms with Gasteiger partial charge in [-0.15, -0.1) is 0 Å². The van der Waals surface area contributed by atoms with E-state index in [0.29, 0.717) is 16.9 Å². The van der Waals surface area contributed by atoms with Crippen LogP contribution in [0.15, 0.2) is 53.4 Å². The first kappa shape index (κ1) is 21.1. The van der Waals surface area contributed by atoms with Gasteiger partial charge in [0.15, 0.2) is 0 Å². The Balaban J connectivity index is 1.64. The number of thioether (sulfide) groups is 1. The van der Waals surface area contributed by atoms with Gasteiger partial charge in [-0.25, -0.2) is 0 Å². The third kappa shape index (κ3) is 5.07. The van der Waals surface area contributed by atoms with E-state index in [1.165, 1.54) is 0 Å². The molecule has 0 bridgehead atoms. The zero-order valence-corrected chi connectivity index (χ0v) is 17.0. The Bertz CT molecular complexity index is 1040. The van der Waals surface area contributed by atoms with Gasteiger partial charge in [-0.05, 0) is 48.5 Å². The fraction of sp³-hybridized carbons (Fsp3) is 0.182. The Morgan fingerprint density at radius 3 is 2.60 bits per heavy atom. The third-order valence-electron chi connectivity index (χ3n) is 4.18. The average molecular weight is 422 g/mol. The molecular weight excluding hydrogens is 404 g/mol. The molecule has 0 spiro atoms. The predicted molar refractivity (Wildman–Crippen MR) is 111 cm³/mol. The molecule has 1 saturated heterocycles. The summed E-state index contributed by atoms with van der Waals surface area (Å²) in [6.45, 7) is 1.70. The second-order valence-corrected chi connectivity index (χ2v) is 7.19. The molecule has 30 heavy (non-hydrogen) atoms. The first-order chi connectivity index (χ1) is 14.5. The molecule has 2 amide bonds. The van der Waals surface area contributed by atoms with E-state index in [0.717, 1.165) is 22.2 Å². The number of nitrogens with zero attached hydrogens (tertiary/aromatic N) is 2. The van der Waals surface area contributed by atoms with E-state index in [4.69, 9.17) is 14.7 Å². The third-order valence-corrected chi connectivity index (χ3v) is 5.08. The Kier molecular flexibility index (Phi) is 6.88. The highest BCUT2D eigenvalue weighted by Crippen LogP contribution is 2.32. The van der Waals surface area contributed by atoms with E-state index in [-0.39, 0.29) is 18.1 Å². The smallest absolute Gasteiger partial charge is 0.326 e. The topological polar surface area (TPSA) is 96.7 Å². The van der Waals surface area contributed by atoms with Crippen molar-refractivity contribution in [3.05, 3.63) is 70.1 Å². The zero-order valence-electron chi connectivity index (χ0n) is 16.2. The molecule has 0 aromatic heterocycles. The number of amides is 2. The Hall–Kier alpha value is -3.57. The van der Waals surface area contributed by atoms with E-state index < -0.39 is 23.7 Å². The van der Waals surface area contributed by atoms with E-state index in [1.807, 2.05) is 12.1 Å². The highest BCUT2D eigenvalue weighted by atomic mass is 32.2. The number of hydrogen-bond donors (Lipinski definition) is 0. The van der Waals surface area contributed by atoms with E-state index in [2.05, 4.69) is 6.07 Å². The Morgan fingerprint density at radius 2 is 1.90 bits per heavy atom. The molecule has 0 saturated carbocycles. The van der Waals surface area contributed by atoms with Crippen LogP contribution in [0.2, 0.25) is 0 Å². The number of carbonyl (C=O) groups excluding carboxylic acids is 3. The van der Waals surface area contributed by atoms with Gasteiger partial charge in [-0.3, -0.25) is 19.3 Å². The molecule has 1 aliphatic rings. The fourth-order valence-corrected chi connectivity index (χ4v) is 3.54. The van der Waals surface area contributed by atoms with Crippen molar-refractivity contribution in [1.82, 2.24) is 4.90 Å². The molecule has 1 heterocycles. The molecule has 1 aliphatic heterocycles. The van der Waals surface area contributed by atoms with Crippen molar-refractivity contribution in [3.63, 3.8) is 0 Å². The van der Waals surface area contributed by atoms with Gasteiger partial charge < -0.3 is 9.47 Å². The summed E-state index contributed by atoms with van der Waals surface area (Å²) in [5.74, 6) is -0.540. The Morgan fingerprint density at radius 1 is 1.17 bits per heavy atom. The van der Waals surface area contributed by atoms with Crippen LogP contribution in [0.5, 0.6) is 5.75 Å². The Labute approximate surface area is 177 Å². The lowest BCUT2D eigenvalue weighted by molar-refractivity contribution is -0.145. The van der Waals surface area contributed by atoms with Crippen molar-refractivity contribution in [1.29, 1.82) is 5.26 Å². The monoisotopic (exact) mass is 422 g/mol. The normalized spacial score (nSPS) is 14.7. The number of rotatable bonds is 7. The van der Waals surface area contributed by atoms with Crippen LogP contribution in [0.25, 0.3) is 6.08 Å². The molecule has 2 aromatic rings. The van der Waals surface area contributed by atoms with Crippen molar-refractivity contribution in [2.75, 3.05) is 13.2 Å². The zero-order chi connectivity index (χ0) is 21.5. The lowest BCUT2D eigenvalue weighted by Gasteiger charge is -2.10. The molecule has 7 nitrogen and oxygen atoms in total. The summed E-state index contributed by atoms with van der Waals surface area (Å²) in [6, 6.07) is 16.3. The summed E-state index contributed by atoms with van der Waals surface area (Å²) in [5, 5.41) is 8.62. The van der Waals surface area contributed by atoms with Crippen LogP contribution in [0.3, 0.4) is 0 Å². The maximum absolute atomic E-state index is 12.4. The number of nitriles is 1. The number of benzene rings is 2. The highest BCUT2D eigenvalue weighted by molar-refractivity contribution is 8.18. The minimum Gasteiger partial charge on any atom is -0.489 e. The standard InChI is InChI=1S/C22H18N2O5S/c1-2-28-20(25)13-24-21(26)19(30-22(24)27)11-15-7-9-18(10-8-15)29-14-17-6-4-3-5-16(17)12-23/h3-11H,2,13-14H2,1H3/b19-11+. The quantitative estimate of drug-likeness (QED) is 0.495. The minimum atomic E-state index is -0.625. The second-order valence-electron chi connectivity index (χ2n) is 6.20. The van der Waals surface area contributed by atoms with Gasteiger partial charge in [-0.1, -0.05) is 30.3 Å². The molecule has 8 heteroatoms. The van der Waals surface area contributed by atoms with Gasteiger partial charge in [0, 0.05) is 5.56 Å². The number of carbonyl (C=O) groups is 3. The van der Waals surface area contributed by atoms with Crippen molar-refractivity contribution in [3.8, 4) is 11.8 Å². The average Bonchev–Trinajstić information content (AvgIpc) is 3.01. The van der Waals surface area contributed by atoms with Crippen LogP contribution in [-0.2, 0) is 20.9 Å². The van der Waals surface area contributed by atoms with Gasteiger partial charge in [0.05, 0.1) is 23.1 Å². The van der Waals surface area contributed by atoms with Gasteiger partial charge in [0.2, 0.25) is 0 Å². The first-order valence-corrected chi connectivity index (χ1v) is 9.95. The first-order valence-electron chi connectivity index (χ1n) is 9.13. The molecule has 3 rings (SSSR count). The predicted octanol–water partition coefficient (Wildman–Crippen LogP) is 3.74. The fourth-order valence-electron chi connectivity index (χ4n) is 2.70. The van der Waals surface area contributed by atoms with Crippen LogP contribution < -0.4 is 4.74 Å². The molecular formula is C22H18N2O5S. The maximum atomic E-state index is 12.4. The molecule has 0 aliphatic carbocycles. The lowest BCUT2D eigenvalue weighted by atomic mass is 10.1. The number of imide groups is 1. The summed E-state index contributed by atoms with van der Waals surface area (Å²) in [6.07, 6.45) is 1.59.